The summed E-state index contributed by atoms with van der Waals surface area (Å²) in [5.41, 5.74) is 2.89. The Bertz CT molecular complexity index is 396. The number of likely N-dealkylation sites (tertiary alicyclic amines) is 1. The Hall–Kier alpha value is -0.860. The van der Waals surface area contributed by atoms with E-state index >= 15 is 0 Å². The van der Waals surface area contributed by atoms with Crippen molar-refractivity contribution in [1.82, 2.24) is 10.2 Å². The van der Waals surface area contributed by atoms with Crippen molar-refractivity contribution < 1.29 is 0 Å². The molecule has 2 rings (SSSR count). The number of nitrogens with zero attached hydrogens (tertiary/aromatic N) is 1. The highest BCUT2D eigenvalue weighted by molar-refractivity contribution is 5.25. The fourth-order valence-corrected chi connectivity index (χ4v) is 2.91. The zero-order chi connectivity index (χ0) is 14.5. The van der Waals surface area contributed by atoms with Crippen LogP contribution in [0.4, 0.5) is 0 Å². The van der Waals surface area contributed by atoms with Crippen LogP contribution in [0.25, 0.3) is 0 Å². The third-order valence-electron chi connectivity index (χ3n) is 4.30. The molecule has 112 valence electrons. The van der Waals surface area contributed by atoms with Gasteiger partial charge in [-0.15, -0.1) is 0 Å². The number of benzene rings is 1. The van der Waals surface area contributed by atoms with Gasteiger partial charge in [-0.05, 0) is 35.9 Å². The fourth-order valence-electron chi connectivity index (χ4n) is 2.91. The summed E-state index contributed by atoms with van der Waals surface area (Å²) in [5, 5.41) is 3.51. The van der Waals surface area contributed by atoms with Crippen LogP contribution in [-0.4, -0.2) is 30.6 Å². The van der Waals surface area contributed by atoms with Crippen LogP contribution in [-0.2, 0) is 6.54 Å². The van der Waals surface area contributed by atoms with Gasteiger partial charge in [0.25, 0.3) is 0 Å². The molecule has 1 aliphatic heterocycles. The van der Waals surface area contributed by atoms with Gasteiger partial charge in [0.1, 0.15) is 0 Å². The molecule has 2 heteroatoms. The van der Waals surface area contributed by atoms with Gasteiger partial charge in [0, 0.05) is 25.7 Å². The van der Waals surface area contributed by atoms with Crippen LogP contribution in [0.1, 0.15) is 51.2 Å². The van der Waals surface area contributed by atoms with Crippen LogP contribution in [0.5, 0.6) is 0 Å². The highest BCUT2D eigenvalue weighted by atomic mass is 15.1. The predicted octanol–water partition coefficient (Wildman–Crippen LogP) is 3.63. The molecule has 20 heavy (non-hydrogen) atoms. The van der Waals surface area contributed by atoms with Crippen molar-refractivity contribution in [2.45, 2.75) is 52.6 Å². The van der Waals surface area contributed by atoms with E-state index in [1.54, 1.807) is 0 Å². The Balaban J connectivity index is 1.86. The van der Waals surface area contributed by atoms with E-state index in [9.17, 15) is 0 Å². The molecule has 0 bridgehead atoms. The summed E-state index contributed by atoms with van der Waals surface area (Å²) in [6.45, 7) is 13.7. The molecule has 1 heterocycles. The molecule has 0 aliphatic carbocycles. The van der Waals surface area contributed by atoms with Gasteiger partial charge in [-0.2, -0.15) is 0 Å². The summed E-state index contributed by atoms with van der Waals surface area (Å²) in [5.74, 6) is 1.45. The van der Waals surface area contributed by atoms with E-state index in [-0.39, 0.29) is 0 Å². The molecule has 0 saturated carbocycles. The summed E-state index contributed by atoms with van der Waals surface area (Å²) < 4.78 is 0. The molecule has 0 spiro atoms. The lowest BCUT2D eigenvalue weighted by molar-refractivity contribution is 0.320. The Morgan fingerprint density at radius 1 is 1.20 bits per heavy atom. The average Bonchev–Trinajstić information content (AvgIpc) is 2.82. The summed E-state index contributed by atoms with van der Waals surface area (Å²) in [6.07, 6.45) is 1.36. The first-order valence-electron chi connectivity index (χ1n) is 8.09. The van der Waals surface area contributed by atoms with Gasteiger partial charge in [0.05, 0.1) is 0 Å². The number of nitrogens with one attached hydrogen (secondary N) is 1. The van der Waals surface area contributed by atoms with Crippen molar-refractivity contribution in [3.05, 3.63) is 35.4 Å². The fraction of sp³-hybridized carbons (Fsp3) is 0.667. The highest BCUT2D eigenvalue weighted by Crippen LogP contribution is 2.20. The minimum absolute atomic E-state index is 0.564. The Morgan fingerprint density at radius 3 is 2.45 bits per heavy atom. The first-order valence-corrected chi connectivity index (χ1v) is 8.09. The highest BCUT2D eigenvalue weighted by Gasteiger charge is 2.18. The second kappa shape index (κ2) is 7.24. The van der Waals surface area contributed by atoms with Gasteiger partial charge < -0.3 is 5.32 Å². The second-order valence-electron chi connectivity index (χ2n) is 6.83. The van der Waals surface area contributed by atoms with Gasteiger partial charge in [0.15, 0.2) is 0 Å². The molecule has 0 amide bonds. The topological polar surface area (TPSA) is 15.3 Å². The van der Waals surface area contributed by atoms with E-state index in [1.807, 2.05) is 0 Å². The van der Waals surface area contributed by atoms with E-state index in [0.717, 1.165) is 19.0 Å². The molecule has 2 nitrogen and oxygen atoms in total. The largest absolute Gasteiger partial charge is 0.314 e. The van der Waals surface area contributed by atoms with E-state index in [1.165, 1.54) is 30.6 Å². The third kappa shape index (κ3) is 4.60. The Labute approximate surface area is 124 Å². The third-order valence-corrected chi connectivity index (χ3v) is 4.30. The van der Waals surface area contributed by atoms with Crippen LogP contribution in [0.3, 0.4) is 0 Å². The summed E-state index contributed by atoms with van der Waals surface area (Å²) >= 11 is 0. The van der Waals surface area contributed by atoms with E-state index in [0.29, 0.717) is 12.0 Å². The van der Waals surface area contributed by atoms with Gasteiger partial charge in [-0.25, -0.2) is 0 Å². The molecule has 1 fully saturated rings. The van der Waals surface area contributed by atoms with Gasteiger partial charge in [-0.3, -0.25) is 4.90 Å². The normalized spacial score (nSPS) is 21.6. The SMILES string of the molecule is CC1CCN(Cc2ccc(C(C)CNC(C)C)cc2)C1. The number of hydrogen-bond acceptors (Lipinski definition) is 2. The standard InChI is InChI=1S/C18H30N2/c1-14(2)19-11-16(4)18-7-5-17(6-8-18)13-20-10-9-15(3)12-20/h5-8,14-16,19H,9-13H2,1-4H3. The molecule has 1 aromatic carbocycles. The monoisotopic (exact) mass is 274 g/mol. The van der Waals surface area contributed by atoms with Crippen LogP contribution < -0.4 is 5.32 Å². The van der Waals surface area contributed by atoms with Crippen molar-refractivity contribution in [2.75, 3.05) is 19.6 Å². The maximum absolute atomic E-state index is 3.51. The van der Waals surface area contributed by atoms with E-state index in [4.69, 9.17) is 0 Å². The minimum Gasteiger partial charge on any atom is -0.314 e. The molecule has 1 N–H and O–H groups in total. The van der Waals surface area contributed by atoms with Crippen molar-refractivity contribution in [1.29, 1.82) is 0 Å². The smallest absolute Gasteiger partial charge is 0.0233 e. The van der Waals surface area contributed by atoms with Crippen LogP contribution >= 0.6 is 0 Å². The van der Waals surface area contributed by atoms with Crippen molar-refractivity contribution in [3.8, 4) is 0 Å². The van der Waals surface area contributed by atoms with Crippen molar-refractivity contribution >= 4 is 0 Å². The molecule has 0 aromatic heterocycles. The zero-order valence-electron chi connectivity index (χ0n) is 13.5. The van der Waals surface area contributed by atoms with Gasteiger partial charge >= 0.3 is 0 Å². The van der Waals surface area contributed by atoms with Crippen molar-refractivity contribution in [3.63, 3.8) is 0 Å². The minimum atomic E-state index is 0.564. The van der Waals surface area contributed by atoms with Crippen LogP contribution in [0.15, 0.2) is 24.3 Å². The summed E-state index contributed by atoms with van der Waals surface area (Å²) in [4.78, 5) is 2.57. The molecule has 2 atom stereocenters. The zero-order valence-corrected chi connectivity index (χ0v) is 13.5. The van der Waals surface area contributed by atoms with E-state index < -0.39 is 0 Å². The maximum Gasteiger partial charge on any atom is 0.0233 e. The van der Waals surface area contributed by atoms with Crippen LogP contribution in [0, 0.1) is 5.92 Å². The van der Waals surface area contributed by atoms with Gasteiger partial charge in [0.2, 0.25) is 0 Å². The molecular weight excluding hydrogens is 244 g/mol. The van der Waals surface area contributed by atoms with Gasteiger partial charge in [-0.1, -0.05) is 52.0 Å². The first kappa shape index (κ1) is 15.5. The average molecular weight is 274 g/mol. The molecule has 1 aromatic rings. The predicted molar refractivity (Wildman–Crippen MR) is 87.1 cm³/mol. The number of hydrogen-bond donors (Lipinski definition) is 1. The molecule has 1 aliphatic rings. The quantitative estimate of drug-likeness (QED) is 0.852. The summed E-state index contributed by atoms with van der Waals surface area (Å²) in [7, 11) is 0. The molecular formula is C18H30N2. The maximum atomic E-state index is 3.51. The molecule has 2 unspecified atom stereocenters. The Kier molecular flexibility index (Phi) is 5.62. The number of rotatable bonds is 6. The summed E-state index contributed by atoms with van der Waals surface area (Å²) in [6, 6.07) is 9.80. The lowest BCUT2D eigenvalue weighted by Crippen LogP contribution is -2.27. The van der Waals surface area contributed by atoms with Crippen LogP contribution in [0.2, 0.25) is 0 Å². The lowest BCUT2D eigenvalue weighted by atomic mass is 9.99. The van der Waals surface area contributed by atoms with Crippen molar-refractivity contribution in [2.24, 2.45) is 5.92 Å². The van der Waals surface area contributed by atoms with E-state index in [2.05, 4.69) is 62.2 Å². The molecule has 0 radical (unpaired) electrons. The first-order chi connectivity index (χ1) is 9.54. The Morgan fingerprint density at radius 2 is 1.90 bits per heavy atom. The second-order valence-corrected chi connectivity index (χ2v) is 6.83. The molecule has 1 saturated heterocycles. The lowest BCUT2D eigenvalue weighted by Gasteiger charge is -2.18.